The summed E-state index contributed by atoms with van der Waals surface area (Å²) < 4.78 is 6.38. The van der Waals surface area contributed by atoms with Crippen LogP contribution in [0.2, 0.25) is 0 Å². The van der Waals surface area contributed by atoms with E-state index in [1.54, 1.807) is 26.2 Å². The molecule has 4 nitrogen and oxygen atoms in total. The van der Waals surface area contributed by atoms with E-state index in [0.29, 0.717) is 12.2 Å². The predicted octanol–water partition coefficient (Wildman–Crippen LogP) is 2.66. The van der Waals surface area contributed by atoms with Crippen molar-refractivity contribution in [3.8, 4) is 0 Å². The molecule has 4 heteroatoms. The highest BCUT2D eigenvalue weighted by Crippen LogP contribution is 2.19. The van der Waals surface area contributed by atoms with Crippen molar-refractivity contribution in [2.24, 2.45) is 5.41 Å². The van der Waals surface area contributed by atoms with Gasteiger partial charge >= 0.3 is 5.97 Å². The Morgan fingerprint density at radius 2 is 1.88 bits per heavy atom. The molecule has 1 rings (SSSR count). The Balaban J connectivity index is 3.04. The second kappa shape index (κ2) is 4.73. The van der Waals surface area contributed by atoms with Crippen LogP contribution in [0.3, 0.4) is 0 Å². The van der Waals surface area contributed by atoms with E-state index < -0.39 is 5.41 Å². The molecule has 0 N–H and O–H groups in total. The van der Waals surface area contributed by atoms with Gasteiger partial charge in [-0.15, -0.1) is 0 Å². The second-order valence-corrected chi connectivity index (χ2v) is 5.04. The van der Waals surface area contributed by atoms with Gasteiger partial charge in [0, 0.05) is 17.8 Å². The Labute approximate surface area is 102 Å². The average Bonchev–Trinajstić information content (AvgIpc) is 2.58. The number of hydrogen-bond donors (Lipinski definition) is 0. The molecule has 0 spiro atoms. The first-order valence-electron chi connectivity index (χ1n) is 5.68. The van der Waals surface area contributed by atoms with Crippen LogP contribution in [0.5, 0.6) is 0 Å². The number of carbonyl (C=O) groups is 2. The highest BCUT2D eigenvalue weighted by molar-refractivity contribution is 5.93. The maximum absolute atomic E-state index is 12.0. The molecule has 0 unspecified atom stereocenters. The number of hydrogen-bond acceptors (Lipinski definition) is 3. The Kier molecular flexibility index (Phi) is 3.76. The van der Waals surface area contributed by atoms with Crippen molar-refractivity contribution >= 4 is 11.9 Å². The fourth-order valence-electron chi connectivity index (χ4n) is 1.48. The maximum Gasteiger partial charge on any atom is 0.339 e. The van der Waals surface area contributed by atoms with E-state index in [1.807, 2.05) is 20.8 Å². The molecule has 1 aromatic rings. The Hall–Kier alpha value is -1.58. The molecule has 0 atom stereocenters. The molecule has 0 aliphatic rings. The van der Waals surface area contributed by atoms with Gasteiger partial charge in [0.15, 0.2) is 0 Å². The van der Waals surface area contributed by atoms with Crippen LogP contribution in [0, 0.1) is 12.3 Å². The van der Waals surface area contributed by atoms with Crippen molar-refractivity contribution in [1.82, 2.24) is 4.57 Å². The number of aromatic nitrogens is 1. The van der Waals surface area contributed by atoms with Crippen LogP contribution >= 0.6 is 0 Å². The van der Waals surface area contributed by atoms with E-state index in [9.17, 15) is 9.59 Å². The summed E-state index contributed by atoms with van der Waals surface area (Å²) in [7, 11) is 0. The molecule has 0 aromatic carbocycles. The summed E-state index contributed by atoms with van der Waals surface area (Å²) in [5.74, 6) is -0.429. The number of carbonyl (C=O) groups excluding carboxylic acids is 2. The van der Waals surface area contributed by atoms with Gasteiger partial charge in [0.2, 0.25) is 5.91 Å². The molecule has 0 bridgehead atoms. The van der Waals surface area contributed by atoms with Gasteiger partial charge in [-0.3, -0.25) is 9.36 Å². The largest absolute Gasteiger partial charge is 0.462 e. The predicted molar refractivity (Wildman–Crippen MR) is 65.2 cm³/mol. The quantitative estimate of drug-likeness (QED) is 0.743. The van der Waals surface area contributed by atoms with E-state index in [2.05, 4.69) is 0 Å². The Morgan fingerprint density at radius 3 is 2.35 bits per heavy atom. The first-order chi connectivity index (χ1) is 7.77. The van der Waals surface area contributed by atoms with Crippen molar-refractivity contribution in [2.45, 2.75) is 34.6 Å². The van der Waals surface area contributed by atoms with Crippen LogP contribution in [0.4, 0.5) is 0 Å². The van der Waals surface area contributed by atoms with E-state index in [0.717, 1.165) is 5.56 Å². The summed E-state index contributed by atoms with van der Waals surface area (Å²) in [6, 6.07) is 0. The monoisotopic (exact) mass is 237 g/mol. The molecule has 0 saturated carbocycles. The molecule has 1 aromatic heterocycles. The molecule has 0 aliphatic carbocycles. The van der Waals surface area contributed by atoms with Crippen molar-refractivity contribution in [3.63, 3.8) is 0 Å². The van der Waals surface area contributed by atoms with E-state index >= 15 is 0 Å². The third kappa shape index (κ3) is 2.96. The van der Waals surface area contributed by atoms with E-state index in [-0.39, 0.29) is 11.9 Å². The van der Waals surface area contributed by atoms with Gasteiger partial charge in [-0.05, 0) is 19.4 Å². The van der Waals surface area contributed by atoms with Gasteiger partial charge in [-0.25, -0.2) is 4.79 Å². The summed E-state index contributed by atoms with van der Waals surface area (Å²) in [4.78, 5) is 23.6. The van der Waals surface area contributed by atoms with Gasteiger partial charge in [0.25, 0.3) is 0 Å². The third-order valence-corrected chi connectivity index (χ3v) is 2.40. The smallest absolute Gasteiger partial charge is 0.339 e. The number of nitrogens with zero attached hydrogens (tertiary/aromatic N) is 1. The highest BCUT2D eigenvalue weighted by atomic mass is 16.5. The first kappa shape index (κ1) is 13.5. The summed E-state index contributed by atoms with van der Waals surface area (Å²) in [5, 5.41) is 0. The zero-order chi connectivity index (χ0) is 13.2. The summed E-state index contributed by atoms with van der Waals surface area (Å²) >= 11 is 0. The van der Waals surface area contributed by atoms with Crippen LogP contribution in [-0.2, 0) is 4.74 Å². The average molecular weight is 237 g/mol. The molecular weight excluding hydrogens is 218 g/mol. The molecule has 17 heavy (non-hydrogen) atoms. The number of aryl methyl sites for hydroxylation is 1. The van der Waals surface area contributed by atoms with Gasteiger partial charge in [-0.2, -0.15) is 0 Å². The Bertz CT molecular complexity index is 438. The molecular formula is C13H19NO3. The summed E-state index contributed by atoms with van der Waals surface area (Å²) in [6.45, 7) is 9.40. The minimum atomic E-state index is -0.475. The van der Waals surface area contributed by atoms with Crippen LogP contribution in [0.15, 0.2) is 12.4 Å². The fraction of sp³-hybridized carbons (Fsp3) is 0.538. The zero-order valence-corrected chi connectivity index (χ0v) is 11.0. The van der Waals surface area contributed by atoms with Crippen LogP contribution in [0.25, 0.3) is 0 Å². The molecule has 0 saturated heterocycles. The van der Waals surface area contributed by atoms with Crippen molar-refractivity contribution in [1.29, 1.82) is 0 Å². The van der Waals surface area contributed by atoms with Gasteiger partial charge in [0.05, 0.1) is 12.2 Å². The lowest BCUT2D eigenvalue weighted by molar-refractivity contribution is 0.0525. The van der Waals surface area contributed by atoms with Crippen molar-refractivity contribution in [2.75, 3.05) is 6.61 Å². The standard InChI is InChI=1S/C13H19NO3/c1-6-17-11(15)10-8-14(7-9(10)2)12(16)13(3,4)5/h7-8H,6H2,1-5H3. The summed E-state index contributed by atoms with van der Waals surface area (Å²) in [6.07, 6.45) is 3.21. The molecule has 94 valence electrons. The van der Waals surface area contributed by atoms with Gasteiger partial charge in [-0.1, -0.05) is 20.8 Å². The lowest BCUT2D eigenvalue weighted by Gasteiger charge is -2.16. The Morgan fingerprint density at radius 1 is 1.29 bits per heavy atom. The van der Waals surface area contributed by atoms with Gasteiger partial charge in [0.1, 0.15) is 0 Å². The van der Waals surface area contributed by atoms with E-state index in [4.69, 9.17) is 4.74 Å². The normalized spacial score (nSPS) is 11.4. The SMILES string of the molecule is CCOC(=O)c1cn(C(=O)C(C)(C)C)cc1C. The molecule has 0 amide bonds. The summed E-state index contributed by atoms with van der Waals surface area (Å²) in [5.41, 5.74) is 0.725. The first-order valence-corrected chi connectivity index (χ1v) is 5.68. The van der Waals surface area contributed by atoms with Crippen LogP contribution in [0.1, 0.15) is 48.4 Å². The highest BCUT2D eigenvalue weighted by Gasteiger charge is 2.24. The van der Waals surface area contributed by atoms with Crippen LogP contribution in [-0.4, -0.2) is 23.1 Å². The van der Waals surface area contributed by atoms with Crippen molar-refractivity contribution in [3.05, 3.63) is 23.5 Å². The lowest BCUT2D eigenvalue weighted by atomic mass is 9.96. The number of ether oxygens (including phenoxy) is 1. The molecule has 1 heterocycles. The topological polar surface area (TPSA) is 48.3 Å². The third-order valence-electron chi connectivity index (χ3n) is 2.40. The minimum Gasteiger partial charge on any atom is -0.462 e. The van der Waals surface area contributed by atoms with E-state index in [1.165, 1.54) is 4.57 Å². The van der Waals surface area contributed by atoms with Crippen molar-refractivity contribution < 1.29 is 14.3 Å². The second-order valence-electron chi connectivity index (χ2n) is 5.04. The lowest BCUT2D eigenvalue weighted by Crippen LogP contribution is -2.25. The minimum absolute atomic E-state index is 0.0452. The number of rotatable bonds is 2. The molecule has 0 radical (unpaired) electrons. The molecule has 0 aliphatic heterocycles. The zero-order valence-electron chi connectivity index (χ0n) is 11.0. The fourth-order valence-corrected chi connectivity index (χ4v) is 1.48. The molecule has 0 fully saturated rings. The maximum atomic E-state index is 12.0. The number of esters is 1. The van der Waals surface area contributed by atoms with Crippen LogP contribution < -0.4 is 0 Å². The van der Waals surface area contributed by atoms with Gasteiger partial charge < -0.3 is 4.74 Å².